The fourth-order valence-corrected chi connectivity index (χ4v) is 5.38. The molecule has 1 saturated heterocycles. The maximum atomic E-state index is 12.7. The van der Waals surface area contributed by atoms with E-state index in [1.807, 2.05) is 0 Å². The van der Waals surface area contributed by atoms with Gasteiger partial charge in [0.1, 0.15) is 24.7 Å². The van der Waals surface area contributed by atoms with Crippen LogP contribution in [0.15, 0.2) is 11.3 Å². The average Bonchev–Trinajstić information content (AvgIpc) is 3.60. The van der Waals surface area contributed by atoms with Gasteiger partial charge in [-0.2, -0.15) is 5.10 Å². The largest absolute Gasteiger partial charge is 0.377 e. The van der Waals surface area contributed by atoms with Crippen molar-refractivity contribution in [2.45, 2.75) is 72.4 Å². The molecule has 0 radical (unpaired) electrons. The van der Waals surface area contributed by atoms with Gasteiger partial charge < -0.3 is 24.8 Å². The average molecular weight is 677 g/mol. The molecule has 0 aromatic carbocycles. The summed E-state index contributed by atoms with van der Waals surface area (Å²) < 4.78 is 17.7. The lowest BCUT2D eigenvalue weighted by atomic mass is 9.81. The summed E-state index contributed by atoms with van der Waals surface area (Å²) in [5.74, 6) is -1.27. The van der Waals surface area contributed by atoms with E-state index in [9.17, 15) is 28.8 Å². The highest BCUT2D eigenvalue weighted by molar-refractivity contribution is 6.03. The van der Waals surface area contributed by atoms with Crippen LogP contribution in [-0.2, 0) is 56.1 Å². The van der Waals surface area contributed by atoms with Crippen molar-refractivity contribution in [1.29, 1.82) is 0 Å². The van der Waals surface area contributed by atoms with Crippen molar-refractivity contribution in [1.82, 2.24) is 36.0 Å². The number of carbonyl (C=O) groups is 6. The highest BCUT2D eigenvalue weighted by atomic mass is 16.5. The van der Waals surface area contributed by atoms with Crippen LogP contribution in [0.4, 0.5) is 0 Å². The van der Waals surface area contributed by atoms with Crippen LogP contribution < -0.4 is 16.1 Å². The van der Waals surface area contributed by atoms with Gasteiger partial charge in [-0.25, -0.2) is 10.1 Å². The van der Waals surface area contributed by atoms with Crippen molar-refractivity contribution in [3.63, 3.8) is 0 Å². The first kappa shape index (κ1) is 38.4. The number of Topliss-reactive ketones (excluding diaryl/α,β-unsaturated/α-hetero) is 1. The van der Waals surface area contributed by atoms with Crippen molar-refractivity contribution in [3.8, 4) is 0 Å². The minimum Gasteiger partial charge on any atom is -0.377 e. The standard InChI is InChI=1S/C31H48N8O9/c1-21-14-29(43)39(31(21)45)17-24-4-6-25(7-5-24)30(44)33-16-26-18-38(37-35-26)9-11-47-13-12-46-10-8-32-27(41)19-48-20-28(42)36-34-22(2)15-23(3)40/h18,21,24-25H,4-17,19-20H2,1-3H3,(H,32,41)(H,33,44)(H,36,42)/b34-22-. The van der Waals surface area contributed by atoms with Crippen molar-refractivity contribution in [3.05, 3.63) is 11.9 Å². The fourth-order valence-electron chi connectivity index (χ4n) is 5.38. The molecule has 1 atom stereocenters. The van der Waals surface area contributed by atoms with Crippen LogP contribution in [0.25, 0.3) is 0 Å². The van der Waals surface area contributed by atoms with E-state index in [2.05, 4.69) is 31.5 Å². The molecule has 2 aliphatic rings. The highest BCUT2D eigenvalue weighted by Gasteiger charge is 2.37. The van der Waals surface area contributed by atoms with Gasteiger partial charge in [-0.3, -0.25) is 33.7 Å². The van der Waals surface area contributed by atoms with E-state index in [4.69, 9.17) is 14.2 Å². The zero-order chi connectivity index (χ0) is 34.9. The zero-order valence-corrected chi connectivity index (χ0v) is 28.0. The van der Waals surface area contributed by atoms with Crippen LogP contribution >= 0.6 is 0 Å². The van der Waals surface area contributed by atoms with Crippen LogP contribution in [0, 0.1) is 17.8 Å². The Kier molecular flexibility index (Phi) is 16.2. The van der Waals surface area contributed by atoms with Gasteiger partial charge in [-0.05, 0) is 45.4 Å². The lowest BCUT2D eigenvalue weighted by Gasteiger charge is -2.30. The Bertz CT molecular complexity index is 1290. The summed E-state index contributed by atoms with van der Waals surface area (Å²) in [4.78, 5) is 72.8. The molecule has 1 aromatic heterocycles. The van der Waals surface area contributed by atoms with Crippen LogP contribution in [0.1, 0.15) is 65.0 Å². The molecule has 1 unspecified atom stereocenters. The van der Waals surface area contributed by atoms with E-state index in [0.717, 1.165) is 25.7 Å². The quantitative estimate of drug-likeness (QED) is 0.0668. The number of nitrogens with zero attached hydrogens (tertiary/aromatic N) is 5. The number of ether oxygens (including phenoxy) is 3. The monoisotopic (exact) mass is 676 g/mol. The van der Waals surface area contributed by atoms with E-state index < -0.39 is 11.8 Å². The van der Waals surface area contributed by atoms with Crippen LogP contribution in [0.2, 0.25) is 0 Å². The molecule has 17 heteroatoms. The lowest BCUT2D eigenvalue weighted by Crippen LogP contribution is -2.38. The maximum absolute atomic E-state index is 12.7. The summed E-state index contributed by atoms with van der Waals surface area (Å²) in [5.41, 5.74) is 3.37. The maximum Gasteiger partial charge on any atom is 0.266 e. The van der Waals surface area contributed by atoms with Crippen molar-refractivity contribution < 1.29 is 43.0 Å². The number of nitrogens with one attached hydrogen (secondary N) is 3. The van der Waals surface area contributed by atoms with Gasteiger partial charge in [0.05, 0.1) is 45.7 Å². The minimum atomic E-state index is -0.530. The number of hydrogen-bond acceptors (Lipinski definition) is 12. The molecule has 0 spiro atoms. The normalized spacial score (nSPS) is 19.8. The Labute approximate surface area is 279 Å². The minimum absolute atomic E-state index is 0.0226. The van der Waals surface area contributed by atoms with Crippen molar-refractivity contribution >= 4 is 41.0 Å². The third-order valence-electron chi connectivity index (χ3n) is 7.91. The summed E-state index contributed by atoms with van der Waals surface area (Å²) in [7, 11) is 0. The molecular formula is C31H48N8O9. The molecule has 2 heterocycles. The number of likely N-dealkylation sites (tertiary alicyclic amines) is 1. The SMILES string of the molecule is CC(=O)C/C(C)=N\NC(=O)COCC(=O)NCCOCCOCCn1cc(CNC(=O)C2CCC(CN3C(=O)CC(C)C3=O)CC2)nn1. The Morgan fingerprint density at radius 3 is 2.33 bits per heavy atom. The number of ketones is 1. The number of aromatic nitrogens is 3. The summed E-state index contributed by atoms with van der Waals surface area (Å²) in [6.45, 7) is 7.02. The fraction of sp³-hybridized carbons (Fsp3) is 0.710. The number of amides is 5. The number of rotatable bonds is 21. The first-order valence-electron chi connectivity index (χ1n) is 16.3. The molecule has 1 aromatic rings. The highest BCUT2D eigenvalue weighted by Crippen LogP contribution is 2.31. The Balaban J connectivity index is 1.15. The van der Waals surface area contributed by atoms with Gasteiger partial charge in [0, 0.05) is 43.5 Å². The van der Waals surface area contributed by atoms with Gasteiger partial charge in [0.25, 0.3) is 5.91 Å². The summed E-state index contributed by atoms with van der Waals surface area (Å²) in [6.07, 6.45) is 5.26. The second kappa shape index (κ2) is 20.3. The van der Waals surface area contributed by atoms with Crippen molar-refractivity contribution in [2.24, 2.45) is 22.9 Å². The van der Waals surface area contributed by atoms with Gasteiger partial charge >= 0.3 is 0 Å². The molecule has 48 heavy (non-hydrogen) atoms. The number of hydrogen-bond donors (Lipinski definition) is 3. The second-order valence-electron chi connectivity index (χ2n) is 12.2. The third-order valence-corrected chi connectivity index (χ3v) is 7.91. The van der Waals surface area contributed by atoms with Crippen LogP contribution in [0.5, 0.6) is 0 Å². The molecule has 1 aliphatic carbocycles. The summed E-state index contributed by atoms with van der Waals surface area (Å²) in [5, 5.41) is 17.5. The zero-order valence-electron chi connectivity index (χ0n) is 28.0. The molecule has 1 aliphatic heterocycles. The molecule has 1 saturated carbocycles. The van der Waals surface area contributed by atoms with Gasteiger partial charge in [-0.15, -0.1) is 5.10 Å². The first-order chi connectivity index (χ1) is 23.0. The molecule has 0 bridgehead atoms. The predicted molar refractivity (Wildman–Crippen MR) is 170 cm³/mol. The smallest absolute Gasteiger partial charge is 0.266 e. The summed E-state index contributed by atoms with van der Waals surface area (Å²) >= 11 is 0. The lowest BCUT2D eigenvalue weighted by molar-refractivity contribution is -0.140. The van der Waals surface area contributed by atoms with Gasteiger partial charge in [0.15, 0.2) is 0 Å². The first-order valence-corrected chi connectivity index (χ1v) is 16.3. The Hall–Kier alpha value is -4.09. The molecule has 3 N–H and O–H groups in total. The molecule has 2 fully saturated rings. The topological polar surface area (TPSA) is 213 Å². The van der Waals surface area contributed by atoms with Crippen LogP contribution in [-0.4, -0.2) is 114 Å². The predicted octanol–water partition coefficient (Wildman–Crippen LogP) is -0.267. The number of hydrazone groups is 1. The van der Waals surface area contributed by atoms with E-state index in [-0.39, 0.29) is 80.6 Å². The van der Waals surface area contributed by atoms with Gasteiger partial charge in [0.2, 0.25) is 23.6 Å². The molecule has 3 rings (SSSR count). The number of carbonyl (C=O) groups excluding carboxylic acids is 6. The van der Waals surface area contributed by atoms with E-state index in [1.54, 1.807) is 24.7 Å². The third kappa shape index (κ3) is 13.9. The van der Waals surface area contributed by atoms with Crippen molar-refractivity contribution in [2.75, 3.05) is 52.7 Å². The molecule has 266 valence electrons. The molecule has 5 amide bonds. The van der Waals surface area contributed by atoms with E-state index in [1.165, 1.54) is 11.8 Å². The Morgan fingerprint density at radius 2 is 1.65 bits per heavy atom. The molecule has 17 nitrogen and oxygen atoms in total. The van der Waals surface area contributed by atoms with E-state index >= 15 is 0 Å². The summed E-state index contributed by atoms with van der Waals surface area (Å²) in [6, 6.07) is 0. The second-order valence-corrected chi connectivity index (χ2v) is 12.2. The van der Waals surface area contributed by atoms with Crippen LogP contribution in [0.3, 0.4) is 0 Å². The molecular weight excluding hydrogens is 628 g/mol. The number of imide groups is 1. The van der Waals surface area contributed by atoms with Gasteiger partial charge in [-0.1, -0.05) is 12.1 Å². The Morgan fingerprint density at radius 1 is 0.938 bits per heavy atom. The van der Waals surface area contributed by atoms with E-state index in [0.29, 0.717) is 50.7 Å².